The van der Waals surface area contributed by atoms with Gasteiger partial charge in [-0.25, -0.2) is 9.97 Å². The Hall–Kier alpha value is -4.03. The monoisotopic (exact) mass is 486 g/mol. The SMILES string of the molecule is C[C@H](NC(=O)c1c[nH]c2ncc(-c3ccc(C(=O)NCc4cccc(C#N)c4)s3)nc12)C(C)(C)C. The molecule has 3 heterocycles. The Balaban J connectivity index is 1.51. The molecule has 0 radical (unpaired) electrons. The first-order chi connectivity index (χ1) is 16.7. The molecule has 0 fully saturated rings. The highest BCUT2D eigenvalue weighted by Crippen LogP contribution is 2.28. The highest BCUT2D eigenvalue weighted by atomic mass is 32.1. The predicted octanol–water partition coefficient (Wildman–Crippen LogP) is 4.65. The number of hydrogen-bond acceptors (Lipinski definition) is 6. The molecule has 0 unspecified atom stereocenters. The van der Waals surface area contributed by atoms with Crippen LogP contribution in [0.25, 0.3) is 21.7 Å². The fourth-order valence-electron chi connectivity index (χ4n) is 3.29. The van der Waals surface area contributed by atoms with Gasteiger partial charge in [0, 0.05) is 18.8 Å². The van der Waals surface area contributed by atoms with E-state index in [0.29, 0.717) is 39.4 Å². The molecule has 0 spiro atoms. The highest BCUT2D eigenvalue weighted by molar-refractivity contribution is 7.17. The Morgan fingerprint density at radius 3 is 2.74 bits per heavy atom. The Morgan fingerprint density at radius 1 is 1.20 bits per heavy atom. The van der Waals surface area contributed by atoms with Crippen LogP contribution in [-0.4, -0.2) is 32.8 Å². The Morgan fingerprint density at radius 2 is 2.00 bits per heavy atom. The van der Waals surface area contributed by atoms with Crippen LogP contribution in [0, 0.1) is 16.7 Å². The summed E-state index contributed by atoms with van der Waals surface area (Å²) in [6.07, 6.45) is 3.24. The maximum Gasteiger partial charge on any atom is 0.261 e. The lowest BCUT2D eigenvalue weighted by Gasteiger charge is -2.27. The fraction of sp³-hybridized carbons (Fsp3) is 0.269. The van der Waals surface area contributed by atoms with Crippen molar-refractivity contribution in [1.82, 2.24) is 25.6 Å². The first-order valence-corrected chi connectivity index (χ1v) is 12.0. The quantitative estimate of drug-likeness (QED) is 0.366. The van der Waals surface area contributed by atoms with Crippen LogP contribution in [-0.2, 0) is 6.54 Å². The average Bonchev–Trinajstić information content (AvgIpc) is 3.49. The minimum atomic E-state index is -0.212. The summed E-state index contributed by atoms with van der Waals surface area (Å²) in [6.45, 7) is 8.50. The second-order valence-corrected chi connectivity index (χ2v) is 10.5. The molecule has 0 aliphatic heterocycles. The number of fused-ring (bicyclic) bond motifs is 1. The molecule has 1 aromatic carbocycles. The number of H-pyrrole nitrogens is 1. The molecule has 0 bridgehead atoms. The van der Waals surface area contributed by atoms with Crippen LogP contribution < -0.4 is 10.6 Å². The van der Waals surface area contributed by atoms with Crippen molar-refractivity contribution in [3.8, 4) is 16.6 Å². The second-order valence-electron chi connectivity index (χ2n) is 9.37. The summed E-state index contributed by atoms with van der Waals surface area (Å²) in [7, 11) is 0. The van der Waals surface area contributed by atoms with E-state index in [4.69, 9.17) is 5.26 Å². The minimum absolute atomic E-state index is 0.0307. The molecule has 3 N–H and O–H groups in total. The predicted molar refractivity (Wildman–Crippen MR) is 136 cm³/mol. The number of nitriles is 1. The smallest absolute Gasteiger partial charge is 0.261 e. The summed E-state index contributed by atoms with van der Waals surface area (Å²) < 4.78 is 0. The zero-order valence-electron chi connectivity index (χ0n) is 20.0. The molecule has 0 saturated heterocycles. The standard InChI is InChI=1S/C26H26N6O2S/c1-15(26(2,3)4)31-24(33)18-13-28-23-22(18)32-19(14-29-23)20-8-9-21(35-20)25(34)30-12-17-7-5-6-16(10-17)11-27/h5-10,13-15H,12H2,1-4H3,(H,28,29)(H,30,34)(H,31,33)/t15-/m0/s1. The Bertz CT molecular complexity index is 1440. The molecule has 1 atom stereocenters. The van der Waals surface area contributed by atoms with Gasteiger partial charge < -0.3 is 15.6 Å². The third-order valence-electron chi connectivity index (χ3n) is 5.86. The number of carbonyl (C=O) groups is 2. The first-order valence-electron chi connectivity index (χ1n) is 11.2. The van der Waals surface area contributed by atoms with Crippen molar-refractivity contribution in [2.75, 3.05) is 0 Å². The maximum absolute atomic E-state index is 12.9. The average molecular weight is 487 g/mol. The van der Waals surface area contributed by atoms with E-state index in [1.807, 2.05) is 19.1 Å². The number of hydrogen-bond donors (Lipinski definition) is 3. The minimum Gasteiger partial charge on any atom is -0.349 e. The molecule has 3 aromatic heterocycles. The van der Waals surface area contributed by atoms with Gasteiger partial charge in [-0.3, -0.25) is 9.59 Å². The first kappa shape index (κ1) is 24.1. The number of carbonyl (C=O) groups excluding carboxylic acids is 2. The van der Waals surface area contributed by atoms with Gasteiger partial charge in [0.15, 0.2) is 5.65 Å². The van der Waals surface area contributed by atoms with E-state index in [1.54, 1.807) is 36.7 Å². The van der Waals surface area contributed by atoms with Crippen LogP contribution in [0.1, 0.15) is 58.9 Å². The molecule has 0 aliphatic carbocycles. The molecule has 4 aromatic rings. The summed E-state index contributed by atoms with van der Waals surface area (Å²) in [5, 5.41) is 14.9. The van der Waals surface area contributed by atoms with Crippen LogP contribution in [0.4, 0.5) is 0 Å². The van der Waals surface area contributed by atoms with E-state index in [1.165, 1.54) is 11.3 Å². The molecular formula is C26H26N6O2S. The molecular weight excluding hydrogens is 460 g/mol. The zero-order chi connectivity index (χ0) is 25.2. The van der Waals surface area contributed by atoms with Crippen LogP contribution >= 0.6 is 11.3 Å². The van der Waals surface area contributed by atoms with Crippen molar-refractivity contribution < 1.29 is 9.59 Å². The second kappa shape index (κ2) is 9.68. The number of aromatic amines is 1. The van der Waals surface area contributed by atoms with Crippen molar-refractivity contribution >= 4 is 34.3 Å². The largest absolute Gasteiger partial charge is 0.349 e. The number of nitrogens with zero attached hydrogens (tertiary/aromatic N) is 3. The fourth-order valence-corrected chi connectivity index (χ4v) is 4.17. The molecule has 0 saturated carbocycles. The van der Waals surface area contributed by atoms with Crippen LogP contribution in [0.15, 0.2) is 48.8 Å². The topological polar surface area (TPSA) is 124 Å². The van der Waals surface area contributed by atoms with Gasteiger partial charge in [-0.2, -0.15) is 5.26 Å². The number of amides is 2. The molecule has 4 rings (SSSR count). The van der Waals surface area contributed by atoms with Gasteiger partial charge in [-0.05, 0) is 42.2 Å². The van der Waals surface area contributed by atoms with Gasteiger partial charge in [0.1, 0.15) is 5.52 Å². The maximum atomic E-state index is 12.9. The van der Waals surface area contributed by atoms with E-state index < -0.39 is 0 Å². The molecule has 8 nitrogen and oxygen atoms in total. The van der Waals surface area contributed by atoms with Crippen LogP contribution in [0.2, 0.25) is 0 Å². The van der Waals surface area contributed by atoms with Gasteiger partial charge in [0.25, 0.3) is 11.8 Å². The molecule has 178 valence electrons. The van der Waals surface area contributed by atoms with Crippen molar-refractivity contribution in [2.24, 2.45) is 5.41 Å². The lowest BCUT2D eigenvalue weighted by Crippen LogP contribution is -2.41. The van der Waals surface area contributed by atoms with Crippen molar-refractivity contribution in [3.63, 3.8) is 0 Å². The number of nitrogens with one attached hydrogen (secondary N) is 3. The number of rotatable bonds is 6. The summed E-state index contributed by atoms with van der Waals surface area (Å²) in [5.74, 6) is -0.424. The van der Waals surface area contributed by atoms with Crippen LogP contribution in [0.3, 0.4) is 0 Å². The van der Waals surface area contributed by atoms with Gasteiger partial charge >= 0.3 is 0 Å². The summed E-state index contributed by atoms with van der Waals surface area (Å²) in [6, 6.07) is 12.7. The number of benzene rings is 1. The number of aromatic nitrogens is 3. The Kier molecular flexibility index (Phi) is 6.67. The Labute approximate surface area is 207 Å². The number of thiophene rings is 1. The molecule has 2 amide bonds. The normalized spacial score (nSPS) is 12.2. The van der Waals surface area contributed by atoms with Crippen molar-refractivity contribution in [3.05, 3.63) is 70.4 Å². The van der Waals surface area contributed by atoms with Crippen molar-refractivity contribution in [1.29, 1.82) is 5.26 Å². The third-order valence-corrected chi connectivity index (χ3v) is 6.97. The zero-order valence-corrected chi connectivity index (χ0v) is 20.8. The summed E-state index contributed by atoms with van der Waals surface area (Å²) in [4.78, 5) is 38.9. The van der Waals surface area contributed by atoms with Gasteiger partial charge in [-0.15, -0.1) is 11.3 Å². The highest BCUT2D eigenvalue weighted by Gasteiger charge is 2.24. The molecule has 35 heavy (non-hydrogen) atoms. The van der Waals surface area contributed by atoms with Gasteiger partial charge in [0.05, 0.1) is 38.8 Å². The van der Waals surface area contributed by atoms with Crippen LogP contribution in [0.5, 0.6) is 0 Å². The summed E-state index contributed by atoms with van der Waals surface area (Å²) >= 11 is 1.30. The van der Waals surface area contributed by atoms with Crippen molar-refractivity contribution in [2.45, 2.75) is 40.3 Å². The lowest BCUT2D eigenvalue weighted by atomic mass is 9.88. The van der Waals surface area contributed by atoms with E-state index >= 15 is 0 Å². The lowest BCUT2D eigenvalue weighted by molar-refractivity contribution is 0.0910. The van der Waals surface area contributed by atoms with Gasteiger partial charge in [0.2, 0.25) is 0 Å². The van der Waals surface area contributed by atoms with E-state index in [0.717, 1.165) is 10.4 Å². The molecule has 9 heteroatoms. The van der Waals surface area contributed by atoms with E-state index in [2.05, 4.69) is 52.4 Å². The molecule has 0 aliphatic rings. The summed E-state index contributed by atoms with van der Waals surface area (Å²) in [5.41, 5.74) is 3.35. The van der Waals surface area contributed by atoms with E-state index in [-0.39, 0.29) is 23.3 Å². The van der Waals surface area contributed by atoms with E-state index in [9.17, 15) is 9.59 Å². The van der Waals surface area contributed by atoms with Gasteiger partial charge in [-0.1, -0.05) is 32.9 Å². The third kappa shape index (κ3) is 5.39.